The molecule has 2 amide bonds. The van der Waals surface area contributed by atoms with Crippen molar-refractivity contribution in [1.82, 2.24) is 21.7 Å². The molecule has 2 rings (SSSR count). The van der Waals surface area contributed by atoms with Crippen LogP contribution in [0.5, 0.6) is 0 Å². The van der Waals surface area contributed by atoms with Crippen molar-refractivity contribution in [2.75, 3.05) is 11.5 Å². The molecule has 0 heterocycles. The maximum absolute atomic E-state index is 12.2. The van der Waals surface area contributed by atoms with E-state index in [0.29, 0.717) is 11.1 Å². The summed E-state index contributed by atoms with van der Waals surface area (Å²) < 4.78 is 0. The van der Waals surface area contributed by atoms with E-state index in [2.05, 4.69) is 21.7 Å². The zero-order valence-electron chi connectivity index (χ0n) is 16.7. The molecule has 0 spiro atoms. The van der Waals surface area contributed by atoms with E-state index in [1.165, 1.54) is 0 Å². The molecule has 0 aliphatic heterocycles. The Kier molecular flexibility index (Phi) is 10.5. The Balaban J connectivity index is 1.92. The van der Waals surface area contributed by atoms with Crippen molar-refractivity contribution in [2.45, 2.75) is 10.7 Å². The number of hydrogen-bond acceptors (Lipinski definition) is 8. The summed E-state index contributed by atoms with van der Waals surface area (Å²) in [6.45, 7) is 0. The summed E-state index contributed by atoms with van der Waals surface area (Å²) in [6.07, 6.45) is 0. The molecule has 0 aromatic heterocycles. The molecule has 2 unspecified atom stereocenters. The smallest absolute Gasteiger partial charge is 0.324 e. The first-order valence-electron chi connectivity index (χ1n) is 9.25. The van der Waals surface area contributed by atoms with Crippen LogP contribution in [0.1, 0.15) is 21.9 Å². The van der Waals surface area contributed by atoms with Gasteiger partial charge in [-0.15, -0.1) is 23.5 Å². The van der Waals surface area contributed by atoms with Gasteiger partial charge in [0.15, 0.2) is 0 Å². The normalized spacial score (nSPS) is 12.4. The van der Waals surface area contributed by atoms with Gasteiger partial charge in [-0.1, -0.05) is 60.7 Å². The van der Waals surface area contributed by atoms with Gasteiger partial charge in [0, 0.05) is 0 Å². The fourth-order valence-corrected chi connectivity index (χ4v) is 3.99. The Morgan fingerprint density at radius 3 is 1.31 bits per heavy atom. The topological polar surface area (TPSA) is 157 Å². The van der Waals surface area contributed by atoms with Gasteiger partial charge in [0.25, 0.3) is 0 Å². The Labute approximate surface area is 192 Å². The first-order chi connectivity index (χ1) is 15.4. The van der Waals surface area contributed by atoms with Gasteiger partial charge in [0.1, 0.15) is 0 Å². The van der Waals surface area contributed by atoms with Crippen LogP contribution in [0.25, 0.3) is 0 Å². The van der Waals surface area contributed by atoms with Crippen LogP contribution >= 0.6 is 23.5 Å². The van der Waals surface area contributed by atoms with Crippen LogP contribution in [0, 0.1) is 0 Å². The Morgan fingerprint density at radius 1 is 0.656 bits per heavy atom. The van der Waals surface area contributed by atoms with Crippen LogP contribution in [0.3, 0.4) is 0 Å². The summed E-state index contributed by atoms with van der Waals surface area (Å²) in [7, 11) is 0. The van der Waals surface area contributed by atoms with Gasteiger partial charge in [0.2, 0.25) is 0 Å². The van der Waals surface area contributed by atoms with Crippen molar-refractivity contribution in [3.63, 3.8) is 0 Å². The highest BCUT2D eigenvalue weighted by Crippen LogP contribution is 2.26. The minimum absolute atomic E-state index is 0.213. The molecular formula is C20H22N4O6S2. The SMILES string of the molecule is O=C(O)CSC(NNC(=O)C(=O)NNC(SCC(=O)O)c1ccccc1)c1ccccc1. The number of carboxylic acid groups (broad SMARTS) is 2. The highest BCUT2D eigenvalue weighted by atomic mass is 32.2. The van der Waals surface area contributed by atoms with E-state index in [0.717, 1.165) is 23.5 Å². The Bertz CT molecular complexity index is 841. The maximum Gasteiger partial charge on any atom is 0.324 e. The van der Waals surface area contributed by atoms with Gasteiger partial charge in [-0.3, -0.25) is 30.0 Å². The third-order valence-electron chi connectivity index (χ3n) is 3.79. The molecule has 12 heteroatoms. The molecule has 2 atom stereocenters. The van der Waals surface area contributed by atoms with E-state index < -0.39 is 34.5 Å². The largest absolute Gasteiger partial charge is 0.481 e. The summed E-state index contributed by atoms with van der Waals surface area (Å²) in [5.41, 5.74) is 11.3. The molecule has 6 N–H and O–H groups in total. The van der Waals surface area contributed by atoms with E-state index >= 15 is 0 Å². The summed E-state index contributed by atoms with van der Waals surface area (Å²) in [5.74, 6) is -4.48. The highest BCUT2D eigenvalue weighted by molar-refractivity contribution is 8.00. The van der Waals surface area contributed by atoms with Gasteiger partial charge < -0.3 is 10.2 Å². The summed E-state index contributed by atoms with van der Waals surface area (Å²) >= 11 is 2.06. The predicted molar refractivity (Wildman–Crippen MR) is 121 cm³/mol. The van der Waals surface area contributed by atoms with Gasteiger partial charge in [-0.25, -0.2) is 10.9 Å². The van der Waals surface area contributed by atoms with E-state index in [9.17, 15) is 19.2 Å². The van der Waals surface area contributed by atoms with Crippen LogP contribution in [0.2, 0.25) is 0 Å². The number of carbonyl (C=O) groups is 4. The third kappa shape index (κ3) is 8.98. The number of carbonyl (C=O) groups excluding carboxylic acids is 2. The lowest BCUT2D eigenvalue weighted by Crippen LogP contribution is -2.51. The third-order valence-corrected chi connectivity index (χ3v) is 6.07. The highest BCUT2D eigenvalue weighted by Gasteiger charge is 2.20. The first kappa shape index (κ1) is 25.2. The quantitative estimate of drug-likeness (QED) is 0.149. The number of hydrazine groups is 2. The maximum atomic E-state index is 12.2. The number of hydrogen-bond donors (Lipinski definition) is 6. The molecule has 0 saturated heterocycles. The van der Waals surface area contributed by atoms with Crippen LogP contribution < -0.4 is 21.7 Å². The number of benzene rings is 2. The van der Waals surface area contributed by atoms with E-state index in [-0.39, 0.29) is 11.5 Å². The zero-order chi connectivity index (χ0) is 23.3. The molecule has 2 aromatic carbocycles. The van der Waals surface area contributed by atoms with Gasteiger partial charge in [-0.05, 0) is 11.1 Å². The molecular weight excluding hydrogens is 456 g/mol. The molecule has 0 radical (unpaired) electrons. The van der Waals surface area contributed by atoms with Gasteiger partial charge in [0.05, 0.1) is 22.3 Å². The average molecular weight is 479 g/mol. The number of aliphatic carboxylic acids is 2. The summed E-state index contributed by atoms with van der Waals surface area (Å²) in [5, 5.41) is 16.6. The standard InChI is InChI=1S/C20H22N4O6S2/c25-15(26)11-31-19(13-7-3-1-4-8-13)23-21-17(29)18(30)22-24-20(32-12-16(27)28)14-9-5-2-6-10-14/h1-10,19-20,23-24H,11-12H2,(H,21,29)(H,22,30)(H,25,26)(H,27,28). The van der Waals surface area contributed by atoms with Crippen molar-refractivity contribution in [2.24, 2.45) is 0 Å². The fourth-order valence-electron chi connectivity index (χ4n) is 2.38. The molecule has 0 fully saturated rings. The van der Waals surface area contributed by atoms with E-state index in [1.807, 2.05) is 0 Å². The first-order valence-corrected chi connectivity index (χ1v) is 11.3. The van der Waals surface area contributed by atoms with Gasteiger partial charge >= 0.3 is 23.8 Å². The molecule has 0 aliphatic rings. The van der Waals surface area contributed by atoms with Crippen LogP contribution in [-0.2, 0) is 19.2 Å². The van der Waals surface area contributed by atoms with Crippen LogP contribution in [-0.4, -0.2) is 45.5 Å². The molecule has 2 aromatic rings. The van der Waals surface area contributed by atoms with Crippen LogP contribution in [0.4, 0.5) is 0 Å². The van der Waals surface area contributed by atoms with E-state index in [4.69, 9.17) is 10.2 Å². The second kappa shape index (κ2) is 13.4. The number of rotatable bonds is 12. The molecule has 0 bridgehead atoms. The Hall–Kier alpha value is -3.06. The minimum Gasteiger partial charge on any atom is -0.481 e. The molecule has 0 aliphatic carbocycles. The number of thioether (sulfide) groups is 2. The second-order valence-electron chi connectivity index (χ2n) is 6.19. The lowest BCUT2D eigenvalue weighted by Gasteiger charge is -2.20. The molecule has 170 valence electrons. The van der Waals surface area contributed by atoms with Gasteiger partial charge in [-0.2, -0.15) is 0 Å². The van der Waals surface area contributed by atoms with Crippen LogP contribution in [0.15, 0.2) is 60.7 Å². The van der Waals surface area contributed by atoms with E-state index in [1.54, 1.807) is 60.7 Å². The molecule has 10 nitrogen and oxygen atoms in total. The monoisotopic (exact) mass is 478 g/mol. The molecule has 32 heavy (non-hydrogen) atoms. The molecule has 0 saturated carbocycles. The second-order valence-corrected chi connectivity index (χ2v) is 8.37. The number of carboxylic acids is 2. The summed E-state index contributed by atoms with van der Waals surface area (Å²) in [6, 6.07) is 17.7. The summed E-state index contributed by atoms with van der Waals surface area (Å²) in [4.78, 5) is 46.2. The minimum atomic E-state index is -1.02. The van der Waals surface area contributed by atoms with Crippen molar-refractivity contribution < 1.29 is 29.4 Å². The van der Waals surface area contributed by atoms with Crippen molar-refractivity contribution >= 4 is 47.3 Å². The predicted octanol–water partition coefficient (Wildman–Crippen LogP) is 1.26. The average Bonchev–Trinajstić information content (AvgIpc) is 2.79. The number of nitrogens with one attached hydrogen (secondary N) is 4. The van der Waals surface area contributed by atoms with Crippen molar-refractivity contribution in [3.8, 4) is 0 Å². The fraction of sp³-hybridized carbons (Fsp3) is 0.200. The zero-order valence-corrected chi connectivity index (χ0v) is 18.3. The van der Waals surface area contributed by atoms with Crippen molar-refractivity contribution in [1.29, 1.82) is 0 Å². The Morgan fingerprint density at radius 2 is 1.00 bits per heavy atom. The lowest BCUT2D eigenvalue weighted by molar-refractivity contribution is -0.140. The number of amides is 2. The lowest BCUT2D eigenvalue weighted by atomic mass is 10.2. The van der Waals surface area contributed by atoms with Crippen molar-refractivity contribution in [3.05, 3.63) is 71.8 Å².